The van der Waals surface area contributed by atoms with Crippen LogP contribution in [0.2, 0.25) is 0 Å². The standard InChI is InChI=1S/C12H17BrN2O2/c1-7-5-6-8(10(14)9(7)13)15-11(16)17-12(2,3)4/h5-6H,14H2,1-4H3,(H,15,16). The summed E-state index contributed by atoms with van der Waals surface area (Å²) in [5.74, 6) is 0. The number of hydrogen-bond acceptors (Lipinski definition) is 3. The van der Waals surface area contributed by atoms with Crippen LogP contribution in [-0.2, 0) is 4.74 Å². The van der Waals surface area contributed by atoms with Crippen molar-refractivity contribution < 1.29 is 9.53 Å². The molecule has 0 bridgehead atoms. The molecule has 0 aliphatic rings. The highest BCUT2D eigenvalue weighted by Crippen LogP contribution is 2.30. The normalized spacial score (nSPS) is 11.1. The molecular weight excluding hydrogens is 284 g/mol. The van der Waals surface area contributed by atoms with Crippen LogP contribution in [0.5, 0.6) is 0 Å². The summed E-state index contributed by atoms with van der Waals surface area (Å²) in [6.45, 7) is 7.35. The number of hydrogen-bond donors (Lipinski definition) is 2. The Morgan fingerprint density at radius 3 is 2.53 bits per heavy atom. The van der Waals surface area contributed by atoms with E-state index in [-0.39, 0.29) is 0 Å². The largest absolute Gasteiger partial charge is 0.444 e. The van der Waals surface area contributed by atoms with Gasteiger partial charge in [0.15, 0.2) is 0 Å². The number of halogens is 1. The van der Waals surface area contributed by atoms with Gasteiger partial charge in [-0.1, -0.05) is 6.07 Å². The van der Waals surface area contributed by atoms with Crippen LogP contribution in [0.4, 0.5) is 16.2 Å². The first-order valence-corrected chi connectivity index (χ1v) is 6.04. The average Bonchev–Trinajstić information content (AvgIpc) is 2.16. The number of benzene rings is 1. The Morgan fingerprint density at radius 2 is 2.00 bits per heavy atom. The molecule has 1 aromatic rings. The van der Waals surface area contributed by atoms with Gasteiger partial charge in [-0.15, -0.1) is 0 Å². The van der Waals surface area contributed by atoms with Crippen molar-refractivity contribution in [1.29, 1.82) is 0 Å². The third-order valence-corrected chi connectivity index (χ3v) is 3.06. The second-order valence-corrected chi connectivity index (χ2v) is 5.58. The van der Waals surface area contributed by atoms with Crippen LogP contribution in [0.25, 0.3) is 0 Å². The summed E-state index contributed by atoms with van der Waals surface area (Å²) in [6.07, 6.45) is -0.514. The quantitative estimate of drug-likeness (QED) is 0.778. The molecule has 0 spiro atoms. The molecule has 0 fully saturated rings. The van der Waals surface area contributed by atoms with E-state index in [0.29, 0.717) is 11.4 Å². The zero-order valence-electron chi connectivity index (χ0n) is 10.4. The van der Waals surface area contributed by atoms with Crippen LogP contribution in [0.1, 0.15) is 26.3 Å². The van der Waals surface area contributed by atoms with E-state index in [2.05, 4.69) is 21.2 Å². The SMILES string of the molecule is Cc1ccc(NC(=O)OC(C)(C)C)c(N)c1Br. The summed E-state index contributed by atoms with van der Waals surface area (Å²) in [6, 6.07) is 3.62. The highest BCUT2D eigenvalue weighted by Gasteiger charge is 2.17. The summed E-state index contributed by atoms with van der Waals surface area (Å²) >= 11 is 3.36. The molecule has 17 heavy (non-hydrogen) atoms. The zero-order valence-corrected chi connectivity index (χ0v) is 12.0. The van der Waals surface area contributed by atoms with Crippen molar-refractivity contribution in [2.75, 3.05) is 11.1 Å². The fourth-order valence-corrected chi connectivity index (χ4v) is 1.57. The Hall–Kier alpha value is -1.23. The second kappa shape index (κ2) is 4.96. The molecule has 0 aliphatic carbocycles. The fourth-order valence-electron chi connectivity index (χ4n) is 1.22. The van der Waals surface area contributed by atoms with Crippen LogP contribution in [0, 0.1) is 6.92 Å². The van der Waals surface area contributed by atoms with Crippen LogP contribution in [0.3, 0.4) is 0 Å². The molecule has 3 N–H and O–H groups in total. The van der Waals surface area contributed by atoms with Crippen molar-refractivity contribution in [2.24, 2.45) is 0 Å². The second-order valence-electron chi connectivity index (χ2n) is 4.78. The number of anilines is 2. The minimum atomic E-state index is -0.527. The van der Waals surface area contributed by atoms with E-state index in [1.165, 1.54) is 0 Å². The molecule has 1 aromatic carbocycles. The lowest BCUT2D eigenvalue weighted by molar-refractivity contribution is 0.0636. The van der Waals surface area contributed by atoms with Gasteiger partial charge in [0.25, 0.3) is 0 Å². The third-order valence-electron chi connectivity index (χ3n) is 2.01. The molecule has 94 valence electrons. The molecule has 0 aliphatic heterocycles. The molecule has 5 heteroatoms. The number of ether oxygens (including phenoxy) is 1. The van der Waals surface area contributed by atoms with E-state index in [1.54, 1.807) is 26.8 Å². The van der Waals surface area contributed by atoms with Crippen LogP contribution in [0.15, 0.2) is 16.6 Å². The summed E-state index contributed by atoms with van der Waals surface area (Å²) in [7, 11) is 0. The lowest BCUT2D eigenvalue weighted by Gasteiger charge is -2.20. The molecule has 0 atom stereocenters. The lowest BCUT2D eigenvalue weighted by Crippen LogP contribution is -2.27. The van der Waals surface area contributed by atoms with Gasteiger partial charge in [-0.2, -0.15) is 0 Å². The highest BCUT2D eigenvalue weighted by atomic mass is 79.9. The van der Waals surface area contributed by atoms with Crippen molar-refractivity contribution in [2.45, 2.75) is 33.3 Å². The first kappa shape index (κ1) is 13.8. The van der Waals surface area contributed by atoms with Crippen LogP contribution >= 0.6 is 15.9 Å². The van der Waals surface area contributed by atoms with E-state index < -0.39 is 11.7 Å². The number of nitrogens with two attached hydrogens (primary N) is 1. The Balaban J connectivity index is 2.83. The van der Waals surface area contributed by atoms with E-state index in [0.717, 1.165) is 10.0 Å². The fraction of sp³-hybridized carbons (Fsp3) is 0.417. The predicted molar refractivity (Wildman–Crippen MR) is 73.1 cm³/mol. The highest BCUT2D eigenvalue weighted by molar-refractivity contribution is 9.10. The molecule has 0 saturated carbocycles. The van der Waals surface area contributed by atoms with Gasteiger partial charge < -0.3 is 10.5 Å². The minimum absolute atomic E-state index is 0.496. The number of carbonyl (C=O) groups excluding carboxylic acids is 1. The van der Waals surface area contributed by atoms with E-state index >= 15 is 0 Å². The van der Waals surface area contributed by atoms with Gasteiger partial charge in [-0.3, -0.25) is 5.32 Å². The van der Waals surface area contributed by atoms with Crippen molar-refractivity contribution in [3.8, 4) is 0 Å². The number of rotatable bonds is 1. The Labute approximate surface area is 110 Å². The summed E-state index contributed by atoms with van der Waals surface area (Å²) in [5.41, 5.74) is 7.40. The van der Waals surface area contributed by atoms with Gasteiger partial charge in [-0.25, -0.2) is 4.79 Å². The van der Waals surface area contributed by atoms with E-state index in [9.17, 15) is 4.79 Å². The van der Waals surface area contributed by atoms with E-state index in [4.69, 9.17) is 10.5 Å². The van der Waals surface area contributed by atoms with Gasteiger partial charge in [0, 0.05) is 4.47 Å². The van der Waals surface area contributed by atoms with Crippen molar-refractivity contribution >= 4 is 33.4 Å². The van der Waals surface area contributed by atoms with Crippen molar-refractivity contribution in [1.82, 2.24) is 0 Å². The third kappa shape index (κ3) is 3.93. The summed E-state index contributed by atoms with van der Waals surface area (Å²) < 4.78 is 5.93. The van der Waals surface area contributed by atoms with Gasteiger partial charge in [0.05, 0.1) is 11.4 Å². The molecule has 4 nitrogen and oxygen atoms in total. The minimum Gasteiger partial charge on any atom is -0.444 e. The molecule has 0 aromatic heterocycles. The van der Waals surface area contributed by atoms with Gasteiger partial charge >= 0.3 is 6.09 Å². The van der Waals surface area contributed by atoms with Crippen LogP contribution < -0.4 is 11.1 Å². The van der Waals surface area contributed by atoms with Gasteiger partial charge in [0.2, 0.25) is 0 Å². The maximum absolute atomic E-state index is 11.6. The zero-order chi connectivity index (χ0) is 13.2. The lowest BCUT2D eigenvalue weighted by atomic mass is 10.2. The molecular formula is C12H17BrN2O2. The maximum Gasteiger partial charge on any atom is 0.412 e. The molecule has 0 unspecified atom stereocenters. The van der Waals surface area contributed by atoms with Crippen molar-refractivity contribution in [3.05, 3.63) is 22.2 Å². The first-order chi connectivity index (χ1) is 7.70. The maximum atomic E-state index is 11.6. The smallest absolute Gasteiger partial charge is 0.412 e. The number of nitrogens with one attached hydrogen (secondary N) is 1. The average molecular weight is 301 g/mol. The molecule has 1 amide bonds. The number of nitrogen functional groups attached to an aromatic ring is 1. The predicted octanol–water partition coefficient (Wildman–Crippen LogP) is 3.69. The monoisotopic (exact) mass is 300 g/mol. The first-order valence-electron chi connectivity index (χ1n) is 5.25. The van der Waals surface area contributed by atoms with Gasteiger partial charge in [0.1, 0.15) is 5.60 Å². The summed E-state index contributed by atoms with van der Waals surface area (Å²) in [4.78, 5) is 11.6. The van der Waals surface area contributed by atoms with Crippen LogP contribution in [-0.4, -0.2) is 11.7 Å². The van der Waals surface area contributed by atoms with Crippen molar-refractivity contribution in [3.63, 3.8) is 0 Å². The molecule has 0 saturated heterocycles. The topological polar surface area (TPSA) is 64.3 Å². The molecule has 0 radical (unpaired) electrons. The Bertz CT molecular complexity index is 439. The van der Waals surface area contributed by atoms with Gasteiger partial charge in [-0.05, 0) is 55.3 Å². The number of carbonyl (C=O) groups is 1. The van der Waals surface area contributed by atoms with E-state index in [1.807, 2.05) is 13.0 Å². The number of amides is 1. The molecule has 0 heterocycles. The summed E-state index contributed by atoms with van der Waals surface area (Å²) in [5, 5.41) is 2.62. The molecule has 1 rings (SSSR count). The number of aryl methyl sites for hydroxylation is 1. The Morgan fingerprint density at radius 1 is 1.41 bits per heavy atom. The Kier molecular flexibility index (Phi) is 4.03.